The zero-order valence-corrected chi connectivity index (χ0v) is 9.90. The smallest absolute Gasteiger partial charge is 0.315 e. The summed E-state index contributed by atoms with van der Waals surface area (Å²) in [5, 5.41) is 6.80. The van der Waals surface area contributed by atoms with Gasteiger partial charge in [-0.3, -0.25) is 0 Å². The zero-order chi connectivity index (χ0) is 9.07. The molecule has 1 radical (unpaired) electrons. The van der Waals surface area contributed by atoms with E-state index in [0.717, 1.165) is 13.1 Å². The Labute approximate surface area is 93.7 Å². The van der Waals surface area contributed by atoms with Crippen molar-refractivity contribution in [3.8, 4) is 0 Å². The summed E-state index contributed by atoms with van der Waals surface area (Å²) in [5.74, 6) is 0. The first-order valence-electron chi connectivity index (χ1n) is 5.33. The maximum Gasteiger partial charge on any atom is 2.00 e. The summed E-state index contributed by atoms with van der Waals surface area (Å²) in [5.41, 5.74) is 0. The predicted molar refractivity (Wildman–Crippen MR) is 55.6 cm³/mol. The molecule has 83 valence electrons. The Morgan fingerprint density at radius 3 is 1.38 bits per heavy atom. The molecule has 0 fully saturated rings. The summed E-state index contributed by atoms with van der Waals surface area (Å²) in [7, 11) is 0. The maximum absolute atomic E-state index is 3.40. The van der Waals surface area contributed by atoms with Gasteiger partial charge in [0.15, 0.2) is 0 Å². The third kappa shape index (κ3) is 15.2. The van der Waals surface area contributed by atoms with Gasteiger partial charge in [-0.15, -0.1) is 0 Å². The minimum Gasteiger partial charge on any atom is -0.315 e. The molecule has 0 heterocycles. The van der Waals surface area contributed by atoms with Crippen molar-refractivity contribution >= 4 is 0 Å². The molecule has 0 aliphatic rings. The van der Waals surface area contributed by atoms with E-state index in [1.165, 1.54) is 38.8 Å². The van der Waals surface area contributed by atoms with Crippen LogP contribution in [0.15, 0.2) is 0 Å². The van der Waals surface area contributed by atoms with Crippen molar-refractivity contribution in [2.75, 3.05) is 26.2 Å². The Hall–Kier alpha value is 0.439. The summed E-state index contributed by atoms with van der Waals surface area (Å²) in [4.78, 5) is 0. The van der Waals surface area contributed by atoms with E-state index in [1.807, 2.05) is 0 Å². The average molecular weight is 236 g/mol. The maximum atomic E-state index is 3.40. The van der Waals surface area contributed by atoms with Crippen LogP contribution in [0, 0.1) is 0 Å². The van der Waals surface area contributed by atoms with Gasteiger partial charge in [0.25, 0.3) is 0 Å². The van der Waals surface area contributed by atoms with Gasteiger partial charge in [-0.25, -0.2) is 0 Å². The third-order valence-corrected chi connectivity index (χ3v) is 1.89. The molecule has 2 nitrogen and oxygen atoms in total. The number of rotatable bonds is 9. The first-order chi connectivity index (χ1) is 5.91. The van der Waals surface area contributed by atoms with Crippen LogP contribution in [0.5, 0.6) is 0 Å². The third-order valence-electron chi connectivity index (χ3n) is 1.89. The van der Waals surface area contributed by atoms with E-state index in [4.69, 9.17) is 0 Å². The van der Waals surface area contributed by atoms with Crippen molar-refractivity contribution in [2.45, 2.75) is 39.5 Å². The van der Waals surface area contributed by atoms with Crippen LogP contribution >= 0.6 is 0 Å². The fourth-order valence-electron chi connectivity index (χ4n) is 1.03. The van der Waals surface area contributed by atoms with Gasteiger partial charge in [0.05, 0.1) is 0 Å². The molecule has 0 aliphatic heterocycles. The monoisotopic (exact) mass is 235 g/mol. The first-order valence-corrected chi connectivity index (χ1v) is 5.33. The van der Waals surface area contributed by atoms with Crippen molar-refractivity contribution in [1.29, 1.82) is 0 Å². The van der Waals surface area contributed by atoms with Crippen LogP contribution in [-0.4, -0.2) is 26.2 Å². The Morgan fingerprint density at radius 2 is 1.08 bits per heavy atom. The van der Waals surface area contributed by atoms with Crippen molar-refractivity contribution in [2.24, 2.45) is 0 Å². The number of nitrogens with one attached hydrogen (secondary N) is 2. The Morgan fingerprint density at radius 1 is 0.692 bits per heavy atom. The summed E-state index contributed by atoms with van der Waals surface area (Å²) in [6.45, 7) is 9.02. The number of hydrogen-bond donors (Lipinski definition) is 2. The van der Waals surface area contributed by atoms with Crippen molar-refractivity contribution in [3.05, 3.63) is 0 Å². The molecule has 0 aromatic carbocycles. The van der Waals surface area contributed by atoms with Crippen LogP contribution in [0.2, 0.25) is 0 Å². The molecule has 0 unspecified atom stereocenters. The quantitative estimate of drug-likeness (QED) is 0.470. The molecule has 0 bridgehead atoms. The minimum atomic E-state index is 0. The van der Waals surface area contributed by atoms with Crippen molar-refractivity contribution in [3.63, 3.8) is 0 Å². The van der Waals surface area contributed by atoms with Crippen molar-refractivity contribution < 1.29 is 17.1 Å². The van der Waals surface area contributed by atoms with Gasteiger partial charge in [-0.05, 0) is 25.9 Å². The molecule has 0 amide bonds. The van der Waals surface area contributed by atoms with Gasteiger partial charge in [0.1, 0.15) is 0 Å². The average Bonchev–Trinajstić information content (AvgIpc) is 2.10. The summed E-state index contributed by atoms with van der Waals surface area (Å²) in [6, 6.07) is 0. The van der Waals surface area contributed by atoms with Crippen molar-refractivity contribution in [1.82, 2.24) is 10.6 Å². The molecule has 2 N–H and O–H groups in total. The normalized spacial score (nSPS) is 9.69. The molecule has 0 aromatic heterocycles. The summed E-state index contributed by atoms with van der Waals surface area (Å²) >= 11 is 0. The molecule has 0 aliphatic carbocycles. The molecule has 0 aromatic rings. The second-order valence-electron chi connectivity index (χ2n) is 3.21. The summed E-state index contributed by atoms with van der Waals surface area (Å²) < 4.78 is 0. The van der Waals surface area contributed by atoms with Crippen LogP contribution in [0.1, 0.15) is 39.5 Å². The van der Waals surface area contributed by atoms with E-state index >= 15 is 0 Å². The van der Waals surface area contributed by atoms with Crippen LogP contribution in [0.25, 0.3) is 0 Å². The Bertz CT molecular complexity index is 69.3. The summed E-state index contributed by atoms with van der Waals surface area (Å²) in [6.07, 6.45) is 5.18. The molecule has 0 rings (SSSR count). The molecule has 0 saturated heterocycles. The van der Waals surface area contributed by atoms with Gasteiger partial charge in [-0.2, -0.15) is 0 Å². The molecule has 0 atom stereocenters. The zero-order valence-electron chi connectivity index (χ0n) is 8.96. The Kier molecular flexibility index (Phi) is 18.3. The van der Waals surface area contributed by atoms with Gasteiger partial charge in [-0.1, -0.05) is 26.7 Å². The Balaban J connectivity index is 0. The topological polar surface area (TPSA) is 24.1 Å². The van der Waals surface area contributed by atoms with Crippen LogP contribution in [0.4, 0.5) is 0 Å². The van der Waals surface area contributed by atoms with E-state index in [9.17, 15) is 0 Å². The van der Waals surface area contributed by atoms with E-state index in [2.05, 4.69) is 24.5 Å². The van der Waals surface area contributed by atoms with E-state index in [0.29, 0.717) is 0 Å². The largest absolute Gasteiger partial charge is 2.00 e. The fourth-order valence-corrected chi connectivity index (χ4v) is 1.03. The van der Waals surface area contributed by atoms with E-state index in [-0.39, 0.29) is 17.1 Å². The number of unbranched alkanes of at least 4 members (excludes halogenated alkanes) is 2. The van der Waals surface area contributed by atoms with E-state index in [1.54, 1.807) is 0 Å². The molecule has 0 spiro atoms. The molecule has 13 heavy (non-hydrogen) atoms. The number of hydrogen-bond acceptors (Lipinski definition) is 2. The predicted octanol–water partition coefficient (Wildman–Crippen LogP) is 1.76. The van der Waals surface area contributed by atoms with Crippen LogP contribution in [0.3, 0.4) is 0 Å². The van der Waals surface area contributed by atoms with Gasteiger partial charge in [0.2, 0.25) is 0 Å². The molecule has 3 heteroatoms. The molecule has 0 saturated carbocycles. The second kappa shape index (κ2) is 14.9. The van der Waals surface area contributed by atoms with Gasteiger partial charge < -0.3 is 10.6 Å². The first kappa shape index (κ1) is 15.9. The van der Waals surface area contributed by atoms with Crippen LogP contribution < -0.4 is 10.6 Å². The standard InChI is InChI=1S/C10H24N2.Cu/c1-3-5-7-11-9-10-12-8-6-4-2;/h11-12H,3-10H2,1-2H3;/q;+2. The molecular formula is C10H24CuN2+2. The minimum absolute atomic E-state index is 0. The van der Waals surface area contributed by atoms with Gasteiger partial charge in [0, 0.05) is 13.1 Å². The SMILES string of the molecule is CCCCNCCNCCCC.[Cu+2]. The second-order valence-corrected chi connectivity index (χ2v) is 3.21. The van der Waals surface area contributed by atoms with Crippen LogP contribution in [-0.2, 0) is 17.1 Å². The van der Waals surface area contributed by atoms with E-state index < -0.39 is 0 Å². The fraction of sp³-hybridized carbons (Fsp3) is 1.00. The van der Waals surface area contributed by atoms with Gasteiger partial charge >= 0.3 is 17.1 Å². The molecular weight excluding hydrogens is 212 g/mol.